The number of amides is 2. The smallest absolute Gasteiger partial charge is 0.465 e. The molecule has 1 saturated heterocycles. The van der Waals surface area contributed by atoms with E-state index in [0.29, 0.717) is 38.3 Å². The molecule has 4 aromatic rings. The number of ether oxygens (including phenoxy) is 2. The van der Waals surface area contributed by atoms with E-state index < -0.39 is 42.1 Å². The van der Waals surface area contributed by atoms with Crippen LogP contribution in [0.15, 0.2) is 53.3 Å². The summed E-state index contributed by atoms with van der Waals surface area (Å²) in [7, 11) is 1.82. The number of carbonyl (C=O) groups excluding carboxylic acids is 4. The second kappa shape index (κ2) is 23.0. The number of methoxy groups -OCH3 is 2. The van der Waals surface area contributed by atoms with Crippen molar-refractivity contribution in [2.75, 3.05) is 24.9 Å². The fraction of sp³-hybridized carbons (Fsp3) is 0.489. The maximum atomic E-state index is 12.5. The van der Waals surface area contributed by atoms with Gasteiger partial charge in [-0.25, -0.2) is 9.59 Å². The summed E-state index contributed by atoms with van der Waals surface area (Å²) in [6.45, 7) is 7.72. The maximum Gasteiger partial charge on any atom is 0.495 e. The Morgan fingerprint density at radius 2 is 1.10 bits per heavy atom. The normalized spacial score (nSPS) is 20.0. The van der Waals surface area contributed by atoms with Gasteiger partial charge in [0.05, 0.1) is 72.6 Å². The Balaban J connectivity index is 0.000000350. The van der Waals surface area contributed by atoms with Gasteiger partial charge in [0.15, 0.2) is 11.6 Å². The van der Waals surface area contributed by atoms with Crippen LogP contribution in [0.3, 0.4) is 0 Å². The standard InChI is InChI=1S/C25H32BN5O5.C19H20BrN5O3.3CH4/c1-24(2)25(3,4)36-26(35-24)19-12-16(10-11-17(19)23(33)34-5)29-22-18(21(28)32)14-31(30-22)20-9-7-6-8-15(20)13-27;1-28-19(27)13-7-6-12(8-15(13)20)23-18-14(17(22)26)10-25(24-18)16-5-3-2-4-11(16)9-21;;;/h10-12,14-15,20H,6-9H2,1-5H3,(H2,28,32)(H,29,30);6-8,10-11,16H,2-5H2,1H3,(H2,22,26)(H,23,24);3*1H4/t15-,20?;11-,16?;;;/m11.../s1. The van der Waals surface area contributed by atoms with Gasteiger partial charge in [-0.1, -0.05) is 48.0 Å². The van der Waals surface area contributed by atoms with Crippen LogP contribution in [0.25, 0.3) is 0 Å². The van der Waals surface area contributed by atoms with Gasteiger partial charge in [-0.3, -0.25) is 19.0 Å². The minimum Gasteiger partial charge on any atom is -0.465 e. The highest BCUT2D eigenvalue weighted by atomic mass is 79.9. The highest BCUT2D eigenvalue weighted by Crippen LogP contribution is 2.38. The molecule has 2 aromatic carbocycles. The zero-order chi connectivity index (χ0) is 46.5. The molecule has 1 aliphatic heterocycles. The van der Waals surface area contributed by atoms with Gasteiger partial charge >= 0.3 is 19.1 Å². The molecule has 4 atom stereocenters. The fourth-order valence-corrected chi connectivity index (χ4v) is 8.61. The lowest BCUT2D eigenvalue weighted by Crippen LogP contribution is -2.41. The van der Waals surface area contributed by atoms with Gasteiger partial charge in [-0.05, 0) is 111 Å². The largest absolute Gasteiger partial charge is 0.495 e. The molecule has 20 heteroatoms. The average Bonchev–Trinajstić information content (AvgIpc) is 3.96. The number of rotatable bonds is 11. The second-order valence-electron chi connectivity index (χ2n) is 17.0. The number of halogens is 1. The first kappa shape index (κ1) is 55.1. The summed E-state index contributed by atoms with van der Waals surface area (Å²) < 4.78 is 25.9. The number of carbonyl (C=O) groups is 4. The molecule has 2 saturated carbocycles. The third-order valence-electron chi connectivity index (χ3n) is 12.3. The van der Waals surface area contributed by atoms with Crippen LogP contribution in [0.1, 0.15) is 155 Å². The molecule has 18 nitrogen and oxygen atoms in total. The van der Waals surface area contributed by atoms with Crippen LogP contribution >= 0.6 is 15.9 Å². The number of nitriles is 2. The van der Waals surface area contributed by atoms with Crippen LogP contribution in [-0.2, 0) is 18.8 Å². The van der Waals surface area contributed by atoms with Gasteiger partial charge in [0.1, 0.15) is 11.1 Å². The van der Waals surface area contributed by atoms with Crippen molar-refractivity contribution in [3.8, 4) is 12.1 Å². The van der Waals surface area contributed by atoms with E-state index >= 15 is 0 Å². The van der Waals surface area contributed by atoms with Crippen molar-refractivity contribution in [1.82, 2.24) is 19.6 Å². The van der Waals surface area contributed by atoms with Gasteiger partial charge < -0.3 is 40.9 Å². The molecule has 0 bridgehead atoms. The van der Waals surface area contributed by atoms with Crippen molar-refractivity contribution in [3.63, 3.8) is 0 Å². The Hall–Kier alpha value is -6.22. The van der Waals surface area contributed by atoms with Crippen molar-refractivity contribution < 1.29 is 38.0 Å². The molecule has 7 rings (SSSR count). The first-order valence-corrected chi connectivity index (χ1v) is 21.8. The molecule has 2 unspecified atom stereocenters. The predicted molar refractivity (Wildman–Crippen MR) is 260 cm³/mol. The molecule has 3 aliphatic rings. The summed E-state index contributed by atoms with van der Waals surface area (Å²) in [5.41, 5.74) is 12.8. The minimum absolute atomic E-state index is 0. The number of anilines is 4. The Morgan fingerprint density at radius 3 is 1.51 bits per heavy atom. The van der Waals surface area contributed by atoms with E-state index in [1.54, 1.807) is 58.2 Å². The lowest BCUT2D eigenvalue weighted by Gasteiger charge is -2.32. The van der Waals surface area contributed by atoms with Crippen LogP contribution in [0, 0.1) is 34.5 Å². The Labute approximate surface area is 402 Å². The summed E-state index contributed by atoms with van der Waals surface area (Å²) >= 11 is 3.34. The molecule has 360 valence electrons. The monoisotopic (exact) mass is 986 g/mol. The van der Waals surface area contributed by atoms with Gasteiger partial charge in [-0.15, -0.1) is 0 Å². The van der Waals surface area contributed by atoms with Crippen LogP contribution in [-0.4, -0.2) is 75.9 Å². The number of nitrogens with two attached hydrogens (primary N) is 2. The second-order valence-corrected chi connectivity index (χ2v) is 17.8. The van der Waals surface area contributed by atoms with Crippen molar-refractivity contribution in [2.24, 2.45) is 23.3 Å². The zero-order valence-electron chi connectivity index (χ0n) is 36.6. The highest BCUT2D eigenvalue weighted by Gasteiger charge is 2.52. The molecule has 6 N–H and O–H groups in total. The molecule has 0 radical (unpaired) electrons. The summed E-state index contributed by atoms with van der Waals surface area (Å²) in [6, 6.07) is 14.5. The number of hydrogen-bond donors (Lipinski definition) is 4. The molecule has 67 heavy (non-hydrogen) atoms. The lowest BCUT2D eigenvalue weighted by molar-refractivity contribution is 0.00578. The Morgan fingerprint density at radius 1 is 0.701 bits per heavy atom. The van der Waals surface area contributed by atoms with E-state index in [-0.39, 0.29) is 63.1 Å². The summed E-state index contributed by atoms with van der Waals surface area (Å²) in [5, 5.41) is 34.3. The summed E-state index contributed by atoms with van der Waals surface area (Å²) in [5.74, 6) is -1.96. The molecule has 2 aliphatic carbocycles. The fourth-order valence-electron chi connectivity index (χ4n) is 8.07. The minimum atomic E-state index is -0.808. The Kier molecular flexibility index (Phi) is 18.9. The van der Waals surface area contributed by atoms with E-state index in [4.69, 9.17) is 30.2 Å². The van der Waals surface area contributed by atoms with E-state index in [2.05, 4.69) is 48.9 Å². The molecule has 2 amide bonds. The zero-order valence-corrected chi connectivity index (χ0v) is 38.2. The number of esters is 2. The van der Waals surface area contributed by atoms with Crippen LogP contribution < -0.4 is 27.6 Å². The summed E-state index contributed by atoms with van der Waals surface area (Å²) in [6.07, 6.45) is 10.5. The SMILES string of the molecule is C.C.C.COC(=O)c1ccc(Nc2nn(C3CCCC[C@@H]3C#N)cc2C(N)=O)cc1B1OC(C)(C)C(C)(C)O1.COC(=O)c1ccc(Nc2nn(C3CCCC[C@@H]3C#N)cc2C(N)=O)cc1Br. The molecule has 2 aromatic heterocycles. The van der Waals surface area contributed by atoms with Gasteiger partial charge in [0.25, 0.3) is 11.8 Å². The molecule has 3 heterocycles. The van der Waals surface area contributed by atoms with Crippen molar-refractivity contribution in [1.29, 1.82) is 10.5 Å². The summed E-state index contributed by atoms with van der Waals surface area (Å²) in [4.78, 5) is 48.3. The number of hydrogen-bond acceptors (Lipinski definition) is 14. The molecular weight excluding hydrogens is 923 g/mol. The van der Waals surface area contributed by atoms with Gasteiger partial charge in [0, 0.05) is 28.2 Å². The topological polar surface area (TPSA) is 265 Å². The van der Waals surface area contributed by atoms with Crippen molar-refractivity contribution in [3.05, 3.63) is 75.5 Å². The van der Waals surface area contributed by atoms with Gasteiger partial charge in [-0.2, -0.15) is 20.7 Å². The van der Waals surface area contributed by atoms with Crippen LogP contribution in [0.4, 0.5) is 23.0 Å². The number of benzene rings is 2. The number of aromatic nitrogens is 4. The predicted octanol–water partition coefficient (Wildman–Crippen LogP) is 8.50. The van der Waals surface area contributed by atoms with Crippen LogP contribution in [0.5, 0.6) is 0 Å². The first-order chi connectivity index (χ1) is 30.4. The van der Waals surface area contributed by atoms with Crippen molar-refractivity contribution >= 4 is 75.3 Å². The van der Waals surface area contributed by atoms with E-state index in [9.17, 15) is 29.7 Å². The van der Waals surface area contributed by atoms with Gasteiger partial charge in [0.2, 0.25) is 0 Å². The maximum absolute atomic E-state index is 12.5. The number of primary amides is 2. The van der Waals surface area contributed by atoms with E-state index in [1.165, 1.54) is 14.2 Å². The quantitative estimate of drug-likeness (QED) is 0.0811. The number of nitrogens with zero attached hydrogens (tertiary/aromatic N) is 6. The highest BCUT2D eigenvalue weighted by molar-refractivity contribution is 9.10. The lowest BCUT2D eigenvalue weighted by atomic mass is 9.75. The molecule has 0 spiro atoms. The average molecular weight is 988 g/mol. The third-order valence-corrected chi connectivity index (χ3v) is 13.0. The number of nitrogens with one attached hydrogen (secondary N) is 2. The Bertz CT molecular complexity index is 2490. The third kappa shape index (κ3) is 12.0. The van der Waals surface area contributed by atoms with Crippen LogP contribution in [0.2, 0.25) is 0 Å². The van der Waals surface area contributed by atoms with E-state index in [1.807, 2.05) is 27.7 Å². The van der Waals surface area contributed by atoms with Crippen molar-refractivity contribution in [2.45, 2.75) is 125 Å². The molecular formula is C47H64BBrN10O8. The molecule has 3 fully saturated rings. The van der Waals surface area contributed by atoms with E-state index in [0.717, 1.165) is 51.4 Å². The first-order valence-electron chi connectivity index (χ1n) is 21.0.